The molecule has 0 spiro atoms. The van der Waals surface area contributed by atoms with E-state index >= 15 is 0 Å². The van der Waals surface area contributed by atoms with Crippen LogP contribution in [0.3, 0.4) is 0 Å². The molecular weight excluding hydrogens is 396 g/mol. The van der Waals surface area contributed by atoms with Crippen LogP contribution in [0.5, 0.6) is 0 Å². The van der Waals surface area contributed by atoms with Crippen LogP contribution in [0, 0.1) is 0 Å². The van der Waals surface area contributed by atoms with E-state index in [4.69, 9.17) is 0 Å². The van der Waals surface area contributed by atoms with Gasteiger partial charge < -0.3 is 15.1 Å². The Morgan fingerprint density at radius 3 is 2.50 bits per heavy atom. The predicted molar refractivity (Wildman–Crippen MR) is 120 cm³/mol. The fourth-order valence-corrected chi connectivity index (χ4v) is 5.08. The van der Waals surface area contributed by atoms with E-state index in [1.807, 2.05) is 36.5 Å². The lowest BCUT2D eigenvalue weighted by Crippen LogP contribution is -2.47. The molecule has 6 nitrogen and oxygen atoms in total. The van der Waals surface area contributed by atoms with Gasteiger partial charge in [-0.1, -0.05) is 37.1 Å². The Morgan fingerprint density at radius 1 is 1.03 bits per heavy atom. The Kier molecular flexibility index (Phi) is 6.89. The number of hydrogen-bond acceptors (Lipinski definition) is 5. The van der Waals surface area contributed by atoms with Crippen LogP contribution >= 0.6 is 11.8 Å². The minimum Gasteiger partial charge on any atom is -0.357 e. The summed E-state index contributed by atoms with van der Waals surface area (Å²) in [6, 6.07) is 12.8. The van der Waals surface area contributed by atoms with Crippen LogP contribution in [-0.4, -0.2) is 52.5 Å². The lowest BCUT2D eigenvalue weighted by molar-refractivity contribution is -0.124. The average Bonchev–Trinajstić information content (AvgIpc) is 3.13. The molecule has 3 heterocycles. The quantitative estimate of drug-likeness (QED) is 0.798. The molecule has 1 aromatic heterocycles. The maximum Gasteiger partial charge on any atom is 0.255 e. The highest BCUT2D eigenvalue weighted by Gasteiger charge is 2.34. The molecule has 0 aliphatic carbocycles. The number of nitrogens with one attached hydrogen (secondary N) is 1. The molecule has 2 aliphatic heterocycles. The first-order valence-electron chi connectivity index (χ1n) is 10.6. The summed E-state index contributed by atoms with van der Waals surface area (Å²) >= 11 is 1.61. The van der Waals surface area contributed by atoms with Crippen LogP contribution < -0.4 is 10.2 Å². The van der Waals surface area contributed by atoms with Crippen molar-refractivity contribution >= 4 is 29.4 Å². The summed E-state index contributed by atoms with van der Waals surface area (Å²) in [6.45, 7) is 2.54. The first-order valence-corrected chi connectivity index (χ1v) is 11.8. The predicted octanol–water partition coefficient (Wildman–Crippen LogP) is 3.29. The maximum atomic E-state index is 12.8. The lowest BCUT2D eigenvalue weighted by Gasteiger charge is -2.23. The Morgan fingerprint density at radius 2 is 1.80 bits per heavy atom. The monoisotopic (exact) mass is 424 g/mol. The number of benzene rings is 1. The van der Waals surface area contributed by atoms with Gasteiger partial charge in [-0.2, -0.15) is 0 Å². The minimum atomic E-state index is -0.438. The molecule has 0 bridgehead atoms. The third kappa shape index (κ3) is 4.95. The second kappa shape index (κ2) is 9.98. The van der Waals surface area contributed by atoms with Gasteiger partial charge in [0, 0.05) is 37.1 Å². The van der Waals surface area contributed by atoms with Gasteiger partial charge in [0.15, 0.2) is 0 Å². The summed E-state index contributed by atoms with van der Waals surface area (Å²) in [5.74, 6) is 1.97. The van der Waals surface area contributed by atoms with Crippen molar-refractivity contribution in [3.05, 3.63) is 59.8 Å². The van der Waals surface area contributed by atoms with Crippen molar-refractivity contribution < 1.29 is 9.59 Å². The van der Waals surface area contributed by atoms with Gasteiger partial charge in [-0.3, -0.25) is 9.59 Å². The summed E-state index contributed by atoms with van der Waals surface area (Å²) in [4.78, 5) is 34.2. The van der Waals surface area contributed by atoms with E-state index in [1.165, 1.54) is 25.7 Å². The first-order chi connectivity index (χ1) is 14.7. The van der Waals surface area contributed by atoms with Gasteiger partial charge >= 0.3 is 0 Å². The number of anilines is 1. The number of aromatic nitrogens is 1. The SMILES string of the molecule is O=C(NCc1ccc(N2CCCCCC2)nc1)C1CSCN1C(=O)c1ccccc1. The largest absolute Gasteiger partial charge is 0.357 e. The third-order valence-electron chi connectivity index (χ3n) is 5.67. The van der Waals surface area contributed by atoms with E-state index in [0.29, 0.717) is 23.7 Å². The van der Waals surface area contributed by atoms with Gasteiger partial charge in [-0.15, -0.1) is 11.8 Å². The van der Waals surface area contributed by atoms with Crippen LogP contribution in [0.15, 0.2) is 48.7 Å². The standard InChI is InChI=1S/C23H28N4O2S/c28-22(20-16-30-17-27(20)23(29)19-8-4-3-5-9-19)25-15-18-10-11-21(24-14-18)26-12-6-1-2-7-13-26/h3-5,8-11,14,20H,1-2,6-7,12-13,15-17H2,(H,25,28). The van der Waals surface area contributed by atoms with E-state index in [-0.39, 0.29) is 11.8 Å². The smallest absolute Gasteiger partial charge is 0.255 e. The molecule has 2 saturated heterocycles. The third-order valence-corrected chi connectivity index (χ3v) is 6.68. The lowest BCUT2D eigenvalue weighted by atomic mass is 10.1. The van der Waals surface area contributed by atoms with E-state index in [1.54, 1.807) is 28.8 Å². The fraction of sp³-hybridized carbons (Fsp3) is 0.435. The molecule has 1 atom stereocenters. The normalized spacial score (nSPS) is 19.4. The zero-order valence-corrected chi connectivity index (χ0v) is 17.9. The van der Waals surface area contributed by atoms with Crippen LogP contribution in [0.4, 0.5) is 5.82 Å². The van der Waals surface area contributed by atoms with Crippen molar-refractivity contribution in [3.63, 3.8) is 0 Å². The van der Waals surface area contributed by atoms with E-state index in [9.17, 15) is 9.59 Å². The van der Waals surface area contributed by atoms with Crippen LogP contribution in [-0.2, 0) is 11.3 Å². The number of pyridine rings is 1. The van der Waals surface area contributed by atoms with E-state index < -0.39 is 6.04 Å². The van der Waals surface area contributed by atoms with Crippen LogP contribution in [0.1, 0.15) is 41.6 Å². The number of hydrogen-bond donors (Lipinski definition) is 1. The van der Waals surface area contributed by atoms with Gasteiger partial charge in [-0.25, -0.2) is 4.98 Å². The summed E-state index contributed by atoms with van der Waals surface area (Å²) in [5.41, 5.74) is 1.58. The van der Waals surface area contributed by atoms with E-state index in [0.717, 1.165) is 24.5 Å². The molecule has 0 radical (unpaired) electrons. The Bertz CT molecular complexity index is 851. The zero-order valence-electron chi connectivity index (χ0n) is 17.1. The Labute approximate surface area is 182 Å². The molecule has 7 heteroatoms. The van der Waals surface area contributed by atoms with Crippen LogP contribution in [0.25, 0.3) is 0 Å². The average molecular weight is 425 g/mol. The summed E-state index contributed by atoms with van der Waals surface area (Å²) in [6.07, 6.45) is 6.87. The Balaban J connectivity index is 1.33. The van der Waals surface area contributed by atoms with Crippen molar-refractivity contribution in [1.29, 1.82) is 0 Å². The molecule has 30 heavy (non-hydrogen) atoms. The number of amides is 2. The van der Waals surface area contributed by atoms with Crippen molar-refractivity contribution in [3.8, 4) is 0 Å². The maximum absolute atomic E-state index is 12.8. The summed E-state index contributed by atoms with van der Waals surface area (Å²) in [7, 11) is 0. The zero-order chi connectivity index (χ0) is 20.8. The molecule has 2 amide bonds. The second-order valence-electron chi connectivity index (χ2n) is 7.80. The van der Waals surface area contributed by atoms with Gasteiger partial charge in [0.1, 0.15) is 11.9 Å². The molecule has 0 saturated carbocycles. The molecule has 1 aromatic carbocycles. The Hall–Kier alpha value is -2.54. The summed E-state index contributed by atoms with van der Waals surface area (Å²) in [5, 5.41) is 2.99. The minimum absolute atomic E-state index is 0.0933. The van der Waals surface area contributed by atoms with Gasteiger partial charge in [0.2, 0.25) is 5.91 Å². The highest BCUT2D eigenvalue weighted by Crippen LogP contribution is 2.23. The van der Waals surface area contributed by atoms with E-state index in [2.05, 4.69) is 15.2 Å². The number of carbonyl (C=O) groups is 2. The number of rotatable bonds is 5. The topological polar surface area (TPSA) is 65.5 Å². The molecular formula is C23H28N4O2S. The highest BCUT2D eigenvalue weighted by molar-refractivity contribution is 7.99. The molecule has 2 fully saturated rings. The van der Waals surface area contributed by atoms with Gasteiger partial charge in [0.05, 0.1) is 5.88 Å². The fourth-order valence-electron chi connectivity index (χ4n) is 3.92. The van der Waals surface area contributed by atoms with Crippen molar-refractivity contribution in [1.82, 2.24) is 15.2 Å². The molecule has 1 unspecified atom stereocenters. The van der Waals surface area contributed by atoms with Crippen molar-refractivity contribution in [2.24, 2.45) is 0 Å². The molecule has 158 valence electrons. The summed E-state index contributed by atoms with van der Waals surface area (Å²) < 4.78 is 0. The molecule has 2 aliphatic rings. The number of carbonyl (C=O) groups excluding carboxylic acids is 2. The molecule has 2 aromatic rings. The van der Waals surface area contributed by atoms with Crippen molar-refractivity contribution in [2.45, 2.75) is 38.3 Å². The molecule has 1 N–H and O–H groups in total. The molecule has 4 rings (SSSR count). The number of thioether (sulfide) groups is 1. The van der Waals surface area contributed by atoms with Gasteiger partial charge in [0.25, 0.3) is 5.91 Å². The van der Waals surface area contributed by atoms with Crippen LogP contribution in [0.2, 0.25) is 0 Å². The second-order valence-corrected chi connectivity index (χ2v) is 8.80. The highest BCUT2D eigenvalue weighted by atomic mass is 32.2. The number of nitrogens with zero attached hydrogens (tertiary/aromatic N) is 3. The van der Waals surface area contributed by atoms with Crippen molar-refractivity contribution in [2.75, 3.05) is 29.6 Å². The first kappa shape index (κ1) is 20.7. The van der Waals surface area contributed by atoms with Gasteiger partial charge in [-0.05, 0) is 36.6 Å².